The average molecular weight is 455 g/mol. The lowest BCUT2D eigenvalue weighted by molar-refractivity contribution is -0.132. The van der Waals surface area contributed by atoms with Crippen LogP contribution in [-0.2, 0) is 20.7 Å². The van der Waals surface area contributed by atoms with Crippen LogP contribution in [-0.4, -0.2) is 24.4 Å². The summed E-state index contributed by atoms with van der Waals surface area (Å²) in [4.78, 5) is 49.8. The van der Waals surface area contributed by atoms with Gasteiger partial charge < -0.3 is 9.15 Å². The van der Waals surface area contributed by atoms with Gasteiger partial charge in [-0.25, -0.2) is 4.79 Å². The van der Waals surface area contributed by atoms with Crippen LogP contribution in [0.2, 0.25) is 0 Å². The Morgan fingerprint density at radius 3 is 2.24 bits per heavy atom. The van der Waals surface area contributed by atoms with E-state index in [1.807, 2.05) is 24.3 Å². The van der Waals surface area contributed by atoms with Crippen molar-refractivity contribution in [3.63, 3.8) is 0 Å². The number of fused-ring (bicyclic) bond motifs is 1. The Bertz CT molecular complexity index is 1420. The molecule has 4 rings (SSSR count). The highest BCUT2D eigenvalue weighted by Gasteiger charge is 2.20. The van der Waals surface area contributed by atoms with E-state index in [0.29, 0.717) is 16.9 Å². The molecule has 0 aliphatic heterocycles. The summed E-state index contributed by atoms with van der Waals surface area (Å²) >= 11 is 0. The number of hydrogen-bond acceptors (Lipinski definition) is 6. The van der Waals surface area contributed by atoms with Gasteiger partial charge in [0.05, 0.1) is 11.8 Å². The van der Waals surface area contributed by atoms with Gasteiger partial charge in [0.25, 0.3) is 5.91 Å². The van der Waals surface area contributed by atoms with E-state index in [4.69, 9.17) is 9.15 Å². The minimum atomic E-state index is -0.845. The number of carbonyl (C=O) groups is 3. The van der Waals surface area contributed by atoms with E-state index >= 15 is 0 Å². The maximum atomic E-state index is 12.9. The fourth-order valence-electron chi connectivity index (χ4n) is 3.56. The van der Waals surface area contributed by atoms with Crippen molar-refractivity contribution < 1.29 is 23.5 Å². The SMILES string of the molecule is Cc1c(-c2ccccc2)oc2c(C(=O)OCC(=O)NC(=O)Cc3ccccc3)cccc2c1=O. The van der Waals surface area contributed by atoms with Crippen LogP contribution in [0.1, 0.15) is 21.5 Å². The predicted octanol–water partition coefficient (Wildman–Crippen LogP) is 3.81. The molecule has 2 amide bonds. The van der Waals surface area contributed by atoms with Crippen molar-refractivity contribution in [2.75, 3.05) is 6.61 Å². The zero-order chi connectivity index (χ0) is 24.1. The molecule has 1 heterocycles. The van der Waals surface area contributed by atoms with Crippen LogP contribution in [0.4, 0.5) is 0 Å². The van der Waals surface area contributed by atoms with Crippen molar-refractivity contribution in [2.45, 2.75) is 13.3 Å². The first kappa shape index (κ1) is 22.7. The van der Waals surface area contributed by atoms with Crippen LogP contribution in [0.5, 0.6) is 0 Å². The van der Waals surface area contributed by atoms with Gasteiger partial charge in [0.15, 0.2) is 17.6 Å². The number of hydrogen-bond donors (Lipinski definition) is 1. The lowest BCUT2D eigenvalue weighted by Crippen LogP contribution is -2.35. The molecule has 0 aliphatic rings. The number of amides is 2. The van der Waals surface area contributed by atoms with E-state index in [1.165, 1.54) is 6.07 Å². The molecule has 1 N–H and O–H groups in total. The lowest BCUT2D eigenvalue weighted by Gasteiger charge is -2.10. The Balaban J connectivity index is 1.51. The first-order chi connectivity index (χ1) is 16.4. The molecule has 0 saturated carbocycles. The molecule has 7 nitrogen and oxygen atoms in total. The van der Waals surface area contributed by atoms with E-state index in [1.54, 1.807) is 55.5 Å². The van der Waals surface area contributed by atoms with Crippen molar-refractivity contribution in [2.24, 2.45) is 0 Å². The van der Waals surface area contributed by atoms with Gasteiger partial charge >= 0.3 is 5.97 Å². The highest BCUT2D eigenvalue weighted by molar-refractivity contribution is 6.03. The Kier molecular flexibility index (Phi) is 6.64. The minimum Gasteiger partial charge on any atom is -0.455 e. The molecule has 0 radical (unpaired) electrons. The highest BCUT2D eigenvalue weighted by atomic mass is 16.5. The van der Waals surface area contributed by atoms with Crippen LogP contribution in [0, 0.1) is 6.92 Å². The molecule has 0 spiro atoms. The molecule has 1 aromatic heterocycles. The number of esters is 1. The molecule has 0 bridgehead atoms. The number of para-hydroxylation sites is 1. The molecule has 4 aromatic rings. The summed E-state index contributed by atoms with van der Waals surface area (Å²) in [5, 5.41) is 2.42. The summed E-state index contributed by atoms with van der Waals surface area (Å²) in [5.74, 6) is -1.76. The van der Waals surface area contributed by atoms with Gasteiger partial charge in [-0.2, -0.15) is 0 Å². The van der Waals surface area contributed by atoms with Gasteiger partial charge in [-0.3, -0.25) is 19.7 Å². The van der Waals surface area contributed by atoms with Crippen molar-refractivity contribution >= 4 is 28.8 Å². The van der Waals surface area contributed by atoms with Gasteiger partial charge in [-0.15, -0.1) is 0 Å². The second-order valence-corrected chi connectivity index (χ2v) is 7.64. The van der Waals surface area contributed by atoms with E-state index in [2.05, 4.69) is 5.32 Å². The maximum Gasteiger partial charge on any atom is 0.342 e. The van der Waals surface area contributed by atoms with Crippen LogP contribution in [0.15, 0.2) is 88.1 Å². The topological polar surface area (TPSA) is 103 Å². The average Bonchev–Trinajstić information content (AvgIpc) is 2.85. The summed E-state index contributed by atoms with van der Waals surface area (Å²) in [6.07, 6.45) is 0.0244. The number of benzene rings is 3. The summed E-state index contributed by atoms with van der Waals surface area (Å²) in [6.45, 7) is 1.01. The third-order valence-corrected chi connectivity index (χ3v) is 5.22. The van der Waals surface area contributed by atoms with Crippen LogP contribution < -0.4 is 10.7 Å². The van der Waals surface area contributed by atoms with Crippen LogP contribution in [0.25, 0.3) is 22.3 Å². The first-order valence-corrected chi connectivity index (χ1v) is 10.6. The largest absolute Gasteiger partial charge is 0.455 e. The standard InChI is InChI=1S/C27H21NO6/c1-17-24(31)20-13-8-14-21(26(20)34-25(17)19-11-6-3-7-12-19)27(32)33-16-23(30)28-22(29)15-18-9-4-2-5-10-18/h2-14H,15-16H2,1H3,(H,28,29,30). The summed E-state index contributed by atoms with van der Waals surface area (Å²) in [5.41, 5.74) is 1.68. The second-order valence-electron chi connectivity index (χ2n) is 7.64. The monoisotopic (exact) mass is 455 g/mol. The first-order valence-electron chi connectivity index (χ1n) is 10.6. The Hall–Kier alpha value is -4.52. The van der Waals surface area contributed by atoms with Gasteiger partial charge in [-0.05, 0) is 24.6 Å². The van der Waals surface area contributed by atoms with Gasteiger partial charge in [0.1, 0.15) is 11.3 Å². The smallest absolute Gasteiger partial charge is 0.342 e. The molecule has 170 valence electrons. The van der Waals surface area contributed by atoms with E-state index < -0.39 is 24.4 Å². The summed E-state index contributed by atoms with van der Waals surface area (Å²) < 4.78 is 11.1. The van der Waals surface area contributed by atoms with E-state index in [9.17, 15) is 19.2 Å². The maximum absolute atomic E-state index is 12.9. The fourth-order valence-corrected chi connectivity index (χ4v) is 3.56. The molecule has 34 heavy (non-hydrogen) atoms. The number of rotatable bonds is 6. The van der Waals surface area contributed by atoms with Crippen LogP contribution >= 0.6 is 0 Å². The Labute approximate surface area is 195 Å². The van der Waals surface area contributed by atoms with Gasteiger partial charge in [0, 0.05) is 11.1 Å². The zero-order valence-electron chi connectivity index (χ0n) is 18.4. The van der Waals surface area contributed by atoms with Crippen molar-refractivity contribution in [3.05, 3.63) is 106 Å². The Morgan fingerprint density at radius 2 is 1.53 bits per heavy atom. The number of carbonyl (C=O) groups excluding carboxylic acids is 3. The summed E-state index contributed by atoms with van der Waals surface area (Å²) in [6, 6.07) is 22.6. The molecule has 0 fully saturated rings. The van der Waals surface area contributed by atoms with Crippen molar-refractivity contribution in [1.82, 2.24) is 5.32 Å². The third-order valence-electron chi connectivity index (χ3n) is 5.22. The van der Waals surface area contributed by atoms with E-state index in [-0.39, 0.29) is 28.4 Å². The molecule has 0 unspecified atom stereocenters. The third kappa shape index (κ3) is 4.94. The number of ether oxygens (including phenoxy) is 1. The number of imide groups is 1. The zero-order valence-corrected chi connectivity index (χ0v) is 18.4. The fraction of sp³-hybridized carbons (Fsp3) is 0.111. The lowest BCUT2D eigenvalue weighted by atomic mass is 10.0. The molecule has 0 saturated heterocycles. The highest BCUT2D eigenvalue weighted by Crippen LogP contribution is 2.27. The predicted molar refractivity (Wildman–Crippen MR) is 126 cm³/mol. The van der Waals surface area contributed by atoms with Gasteiger partial charge in [0.2, 0.25) is 5.91 Å². The number of nitrogens with one attached hydrogen (secondary N) is 1. The normalized spacial score (nSPS) is 10.6. The molecule has 0 atom stereocenters. The molecular weight excluding hydrogens is 434 g/mol. The molecule has 3 aromatic carbocycles. The van der Waals surface area contributed by atoms with Crippen molar-refractivity contribution in [3.8, 4) is 11.3 Å². The summed E-state index contributed by atoms with van der Waals surface area (Å²) in [7, 11) is 0. The minimum absolute atomic E-state index is 0.00944. The molecular formula is C27H21NO6. The van der Waals surface area contributed by atoms with Gasteiger partial charge in [-0.1, -0.05) is 66.7 Å². The van der Waals surface area contributed by atoms with Crippen molar-refractivity contribution in [1.29, 1.82) is 0 Å². The Morgan fingerprint density at radius 1 is 0.853 bits per heavy atom. The molecule has 7 heteroatoms. The van der Waals surface area contributed by atoms with E-state index in [0.717, 1.165) is 5.56 Å². The molecule has 0 aliphatic carbocycles. The quantitative estimate of drug-likeness (QED) is 0.444. The second kappa shape index (κ2) is 9.95. The van der Waals surface area contributed by atoms with Crippen LogP contribution in [0.3, 0.4) is 0 Å².